The van der Waals surface area contributed by atoms with Gasteiger partial charge in [0.2, 0.25) is 0 Å². The minimum atomic E-state index is -4.26. The van der Waals surface area contributed by atoms with E-state index in [1.165, 1.54) is 77.0 Å². The van der Waals surface area contributed by atoms with E-state index >= 15 is 0 Å². The van der Waals surface area contributed by atoms with Gasteiger partial charge in [-0.05, 0) is 12.8 Å². The molecule has 0 saturated carbocycles. The Bertz CT molecular complexity index is 343. The molecule has 0 aromatic heterocycles. The molecule has 146 valence electrons. The molecule has 0 unspecified atom stereocenters. The topological polar surface area (TPSA) is 83.8 Å². The summed E-state index contributed by atoms with van der Waals surface area (Å²) in [6, 6.07) is 0. The Morgan fingerprint density at radius 1 is 0.542 bits per heavy atom. The summed E-state index contributed by atoms with van der Waals surface area (Å²) >= 11 is 0. The number of unbranched alkanes of at least 4 members (excludes halogenated alkanes) is 15. The van der Waals surface area contributed by atoms with Gasteiger partial charge in [0.1, 0.15) is 0 Å². The zero-order chi connectivity index (χ0) is 17.9. The van der Waals surface area contributed by atoms with Crippen molar-refractivity contribution >= 4 is 10.4 Å². The van der Waals surface area contributed by atoms with Crippen LogP contribution in [0, 0.1) is 0 Å². The van der Waals surface area contributed by atoms with Crippen molar-refractivity contribution in [1.29, 1.82) is 0 Å². The molecule has 0 spiro atoms. The summed E-state index contributed by atoms with van der Waals surface area (Å²) in [6.07, 6.45) is 19.2. The zero-order valence-electron chi connectivity index (χ0n) is 15.3. The summed E-state index contributed by atoms with van der Waals surface area (Å²) in [5.74, 6) is 0. The fourth-order valence-corrected chi connectivity index (χ4v) is 3.18. The second-order valence-electron chi connectivity index (χ2n) is 6.63. The van der Waals surface area contributed by atoms with E-state index in [1.54, 1.807) is 0 Å². The van der Waals surface area contributed by atoms with E-state index < -0.39 is 10.4 Å². The molecule has 0 aliphatic carbocycles. The number of rotatable bonds is 19. The lowest BCUT2D eigenvalue weighted by Gasteiger charge is -2.03. The van der Waals surface area contributed by atoms with E-state index in [-0.39, 0.29) is 6.61 Å². The van der Waals surface area contributed by atoms with Crippen molar-refractivity contribution in [3.05, 3.63) is 0 Å². The largest absolute Gasteiger partial charge is 0.397 e. The predicted molar refractivity (Wildman–Crippen MR) is 98.5 cm³/mol. The van der Waals surface area contributed by atoms with Gasteiger partial charge in [-0.1, -0.05) is 89.9 Å². The molecular weight excluding hydrogens is 328 g/mol. The SMILES string of the molecule is O=S(=O)(O)OCCCCCCCCCCCCCCCCCCO. The molecule has 0 heterocycles. The molecule has 24 heavy (non-hydrogen) atoms. The maximum atomic E-state index is 10.3. The van der Waals surface area contributed by atoms with Crippen LogP contribution in [0.15, 0.2) is 0 Å². The number of aliphatic hydroxyl groups excluding tert-OH is 1. The molecule has 0 fully saturated rings. The van der Waals surface area contributed by atoms with Crippen LogP contribution in [0.2, 0.25) is 0 Å². The van der Waals surface area contributed by atoms with Crippen LogP contribution < -0.4 is 0 Å². The van der Waals surface area contributed by atoms with Gasteiger partial charge in [0.15, 0.2) is 0 Å². The van der Waals surface area contributed by atoms with Crippen LogP contribution in [0.4, 0.5) is 0 Å². The van der Waals surface area contributed by atoms with Gasteiger partial charge in [0, 0.05) is 6.61 Å². The lowest BCUT2D eigenvalue weighted by molar-refractivity contribution is 0.261. The molecule has 0 aliphatic rings. The van der Waals surface area contributed by atoms with Crippen molar-refractivity contribution in [1.82, 2.24) is 0 Å². The molecule has 6 heteroatoms. The Labute approximate surface area is 149 Å². The third-order valence-corrected chi connectivity index (χ3v) is 4.75. The molecule has 0 atom stereocenters. The third kappa shape index (κ3) is 21.8. The van der Waals surface area contributed by atoms with Crippen LogP contribution in [0.3, 0.4) is 0 Å². The molecule has 0 bridgehead atoms. The molecular formula is C18H38O5S. The summed E-state index contributed by atoms with van der Waals surface area (Å²) in [7, 11) is -4.26. The van der Waals surface area contributed by atoms with Gasteiger partial charge in [-0.25, -0.2) is 4.18 Å². The first-order chi connectivity index (χ1) is 11.6. The highest BCUT2D eigenvalue weighted by Gasteiger charge is 2.02. The van der Waals surface area contributed by atoms with Gasteiger partial charge < -0.3 is 5.11 Å². The minimum Gasteiger partial charge on any atom is -0.396 e. The Kier molecular flexibility index (Phi) is 17.5. The molecule has 5 nitrogen and oxygen atoms in total. The van der Waals surface area contributed by atoms with Crippen molar-refractivity contribution in [3.63, 3.8) is 0 Å². The molecule has 0 saturated heterocycles. The van der Waals surface area contributed by atoms with Crippen LogP contribution >= 0.6 is 0 Å². The number of hydrogen-bond acceptors (Lipinski definition) is 4. The third-order valence-electron chi connectivity index (χ3n) is 4.28. The Morgan fingerprint density at radius 3 is 1.12 bits per heavy atom. The first kappa shape index (κ1) is 23.8. The van der Waals surface area contributed by atoms with Crippen LogP contribution in [0.25, 0.3) is 0 Å². The van der Waals surface area contributed by atoms with E-state index in [1.807, 2.05) is 0 Å². The Balaban J connectivity index is 3.03. The maximum Gasteiger partial charge on any atom is 0.397 e. The van der Waals surface area contributed by atoms with Crippen molar-refractivity contribution < 1.29 is 22.3 Å². The summed E-state index contributed by atoms with van der Waals surface area (Å²) in [5, 5.41) is 8.69. The van der Waals surface area contributed by atoms with Crippen LogP contribution in [-0.4, -0.2) is 31.3 Å². The van der Waals surface area contributed by atoms with E-state index in [9.17, 15) is 8.42 Å². The quantitative estimate of drug-likeness (QED) is 0.247. The Morgan fingerprint density at radius 2 is 0.833 bits per heavy atom. The summed E-state index contributed by atoms with van der Waals surface area (Å²) in [4.78, 5) is 0. The van der Waals surface area contributed by atoms with Crippen molar-refractivity contribution in [2.45, 2.75) is 103 Å². The fraction of sp³-hybridized carbons (Fsp3) is 1.00. The first-order valence-electron chi connectivity index (χ1n) is 9.79. The molecule has 0 radical (unpaired) electrons. The van der Waals surface area contributed by atoms with E-state index in [4.69, 9.17) is 9.66 Å². The lowest BCUT2D eigenvalue weighted by atomic mass is 10.0. The molecule has 0 aromatic carbocycles. The first-order valence-corrected chi connectivity index (χ1v) is 11.2. The normalized spacial score (nSPS) is 11.9. The summed E-state index contributed by atoms with van der Waals surface area (Å²) in [6.45, 7) is 0.419. The Hall–Kier alpha value is -0.170. The standard InChI is InChI=1S/C18H38O5S/c19-17-15-13-11-9-7-5-3-1-2-4-6-8-10-12-14-16-18-23-24(20,21)22/h19H,1-18H2,(H,20,21,22). The zero-order valence-corrected chi connectivity index (χ0v) is 16.1. The number of aliphatic hydroxyl groups is 1. The monoisotopic (exact) mass is 366 g/mol. The highest BCUT2D eigenvalue weighted by molar-refractivity contribution is 7.80. The van der Waals surface area contributed by atoms with Gasteiger partial charge >= 0.3 is 10.4 Å². The molecule has 0 rings (SSSR count). The van der Waals surface area contributed by atoms with Gasteiger partial charge in [-0.3, -0.25) is 4.55 Å². The minimum absolute atomic E-state index is 0.0836. The number of hydrogen-bond donors (Lipinski definition) is 2. The van der Waals surface area contributed by atoms with Gasteiger partial charge in [-0.15, -0.1) is 0 Å². The van der Waals surface area contributed by atoms with Crippen molar-refractivity contribution in [3.8, 4) is 0 Å². The van der Waals surface area contributed by atoms with Crippen LogP contribution in [0.5, 0.6) is 0 Å². The van der Waals surface area contributed by atoms with Crippen LogP contribution in [0.1, 0.15) is 103 Å². The summed E-state index contributed by atoms with van der Waals surface area (Å²) < 4.78 is 33.3. The average Bonchev–Trinajstić information content (AvgIpc) is 2.52. The second kappa shape index (κ2) is 17.6. The highest BCUT2D eigenvalue weighted by Crippen LogP contribution is 2.13. The maximum absolute atomic E-state index is 10.3. The van der Waals surface area contributed by atoms with E-state index in [0.29, 0.717) is 13.0 Å². The lowest BCUT2D eigenvalue weighted by Crippen LogP contribution is -2.04. The van der Waals surface area contributed by atoms with Crippen LogP contribution in [-0.2, 0) is 14.6 Å². The van der Waals surface area contributed by atoms with Crippen molar-refractivity contribution in [2.24, 2.45) is 0 Å². The average molecular weight is 367 g/mol. The van der Waals surface area contributed by atoms with E-state index in [2.05, 4.69) is 4.18 Å². The predicted octanol–water partition coefficient (Wildman–Crippen LogP) is 5.04. The van der Waals surface area contributed by atoms with E-state index in [0.717, 1.165) is 19.3 Å². The molecule has 0 aromatic rings. The summed E-state index contributed by atoms with van der Waals surface area (Å²) in [5.41, 5.74) is 0. The fourth-order valence-electron chi connectivity index (χ4n) is 2.85. The van der Waals surface area contributed by atoms with Crippen molar-refractivity contribution in [2.75, 3.05) is 13.2 Å². The molecule has 2 N–H and O–H groups in total. The molecule has 0 aliphatic heterocycles. The van der Waals surface area contributed by atoms with Gasteiger partial charge in [-0.2, -0.15) is 8.42 Å². The highest BCUT2D eigenvalue weighted by atomic mass is 32.3. The molecule has 0 amide bonds. The second-order valence-corrected chi connectivity index (χ2v) is 7.72. The van der Waals surface area contributed by atoms with Gasteiger partial charge in [0.05, 0.1) is 6.61 Å². The smallest absolute Gasteiger partial charge is 0.396 e. The van der Waals surface area contributed by atoms with Gasteiger partial charge in [0.25, 0.3) is 0 Å².